The highest BCUT2D eigenvalue weighted by molar-refractivity contribution is 7.18. The first-order valence-corrected chi connectivity index (χ1v) is 12.1. The highest BCUT2D eigenvalue weighted by atomic mass is 32.1. The molecular formula is C24H21F2N9O2S. The van der Waals surface area contributed by atoms with Gasteiger partial charge in [0.15, 0.2) is 6.33 Å². The topological polar surface area (TPSA) is 150 Å². The molecule has 4 N–H and O–H groups in total. The van der Waals surface area contributed by atoms with Gasteiger partial charge in [0, 0.05) is 16.5 Å². The van der Waals surface area contributed by atoms with Crippen molar-refractivity contribution in [1.82, 2.24) is 40.3 Å². The lowest BCUT2D eigenvalue weighted by Gasteiger charge is -2.35. The number of hydrogen-bond donors (Lipinski definition) is 3. The van der Waals surface area contributed by atoms with Crippen LogP contribution in [-0.4, -0.2) is 52.0 Å². The fraction of sp³-hybridized carbons (Fsp3) is 0.167. The highest BCUT2D eigenvalue weighted by Gasteiger charge is 2.40. The number of aromatic nitrogens is 7. The summed E-state index contributed by atoms with van der Waals surface area (Å²) >= 11 is 1.16. The Morgan fingerprint density at radius 1 is 1.16 bits per heavy atom. The molecule has 194 valence electrons. The van der Waals surface area contributed by atoms with Gasteiger partial charge in [0.1, 0.15) is 34.8 Å². The number of carbonyl (C=O) groups is 1. The summed E-state index contributed by atoms with van der Waals surface area (Å²) in [7, 11) is 0. The molecule has 0 aliphatic carbocycles. The fourth-order valence-corrected chi connectivity index (χ4v) is 5.00. The van der Waals surface area contributed by atoms with Crippen molar-refractivity contribution in [3.63, 3.8) is 0 Å². The molecule has 0 aliphatic rings. The van der Waals surface area contributed by atoms with Gasteiger partial charge >= 0.3 is 0 Å². The van der Waals surface area contributed by atoms with Crippen LogP contribution < -0.4 is 11.1 Å². The lowest BCUT2D eigenvalue weighted by atomic mass is 9.86. The normalized spacial score (nSPS) is 13.7. The highest BCUT2D eigenvalue weighted by Crippen LogP contribution is 2.35. The molecule has 0 bridgehead atoms. The first-order chi connectivity index (χ1) is 18.2. The molecule has 3 aromatic heterocycles. The fourth-order valence-electron chi connectivity index (χ4n) is 4.01. The number of aliphatic hydroxyl groups is 1. The van der Waals surface area contributed by atoms with Crippen molar-refractivity contribution in [3.05, 3.63) is 89.6 Å². The number of amides is 1. The van der Waals surface area contributed by atoms with Gasteiger partial charge in [0.25, 0.3) is 5.91 Å². The zero-order valence-electron chi connectivity index (χ0n) is 19.9. The molecule has 5 aromatic rings. The maximum absolute atomic E-state index is 14.8. The molecule has 3 heterocycles. The van der Waals surface area contributed by atoms with Crippen LogP contribution >= 0.6 is 11.3 Å². The molecule has 0 spiro atoms. The van der Waals surface area contributed by atoms with Crippen LogP contribution in [0.4, 0.5) is 14.5 Å². The summed E-state index contributed by atoms with van der Waals surface area (Å²) < 4.78 is 29.7. The monoisotopic (exact) mass is 537 g/mol. The number of nitrogens with zero attached hydrogens (tertiary/aromatic N) is 7. The van der Waals surface area contributed by atoms with Gasteiger partial charge in [0.2, 0.25) is 0 Å². The summed E-state index contributed by atoms with van der Waals surface area (Å²) in [5.41, 5.74) is 5.72. The van der Waals surface area contributed by atoms with Crippen molar-refractivity contribution in [2.75, 3.05) is 5.73 Å². The second-order valence-corrected chi connectivity index (χ2v) is 9.56. The Labute approximate surface area is 218 Å². The van der Waals surface area contributed by atoms with E-state index in [-0.39, 0.29) is 22.7 Å². The first kappa shape index (κ1) is 25.1. The minimum atomic E-state index is -2.00. The molecule has 5 rings (SSSR count). The molecule has 14 heteroatoms. The largest absolute Gasteiger partial charge is 0.397 e. The van der Waals surface area contributed by atoms with E-state index in [1.54, 1.807) is 18.2 Å². The molecule has 0 fully saturated rings. The van der Waals surface area contributed by atoms with Crippen molar-refractivity contribution in [3.8, 4) is 16.1 Å². The Hall–Kier alpha value is -4.56. The van der Waals surface area contributed by atoms with E-state index in [0.717, 1.165) is 33.9 Å². The van der Waals surface area contributed by atoms with E-state index >= 15 is 0 Å². The number of hydrogen-bond acceptors (Lipinski definition) is 9. The second kappa shape index (κ2) is 10.1. The molecule has 11 nitrogen and oxygen atoms in total. The minimum absolute atomic E-state index is 0.205. The lowest BCUT2D eigenvalue weighted by Crippen LogP contribution is -2.51. The SMILES string of the molecule is C[C@@H](NC(=O)c1sc(-c2ccc(-n3ncnn3)cc2)cc1N)[C@](O)(Cn1cncn1)c1ccc(F)cc1F. The number of tetrazole rings is 1. The van der Waals surface area contributed by atoms with Crippen molar-refractivity contribution in [2.45, 2.75) is 25.1 Å². The van der Waals surface area contributed by atoms with Crippen molar-refractivity contribution >= 4 is 22.9 Å². The molecule has 1 amide bonds. The molecule has 2 aromatic carbocycles. The smallest absolute Gasteiger partial charge is 0.263 e. The average Bonchev–Trinajstić information content (AvgIpc) is 3.67. The number of benzene rings is 2. The maximum atomic E-state index is 14.8. The Kier molecular flexibility index (Phi) is 6.65. The van der Waals surface area contributed by atoms with E-state index in [1.165, 1.54) is 35.4 Å². The third-order valence-corrected chi connectivity index (χ3v) is 7.23. The standard InChI is InChI=1S/C24H21F2N9O2S/c1-14(24(37,10-34-13-28-11-30-34)18-7-4-16(25)8-19(18)26)32-23(36)22-20(27)9-21(38-22)15-2-5-17(6-3-15)35-31-12-29-33-35/h2-9,11-14,37H,10,27H2,1H3,(H,32,36)/t14-,24-/m1/s1. The van der Waals surface area contributed by atoms with Gasteiger partial charge in [0.05, 0.1) is 24.0 Å². The Balaban J connectivity index is 1.39. The van der Waals surface area contributed by atoms with E-state index < -0.39 is 29.2 Å². The summed E-state index contributed by atoms with van der Waals surface area (Å²) in [6.07, 6.45) is 3.93. The molecule has 0 saturated carbocycles. The third-order valence-electron chi connectivity index (χ3n) is 6.03. The van der Waals surface area contributed by atoms with Crippen molar-refractivity contribution < 1.29 is 18.7 Å². The number of nitrogen functional groups attached to an aromatic ring is 1. The van der Waals surface area contributed by atoms with E-state index in [0.29, 0.717) is 11.8 Å². The van der Waals surface area contributed by atoms with Crippen LogP contribution in [0, 0.1) is 11.6 Å². The summed E-state index contributed by atoms with van der Waals surface area (Å²) in [5.74, 6) is -2.32. The van der Waals surface area contributed by atoms with Gasteiger partial charge in [-0.05, 0) is 42.0 Å². The number of nitrogens with two attached hydrogens (primary N) is 1. The van der Waals surface area contributed by atoms with Gasteiger partial charge < -0.3 is 16.2 Å². The van der Waals surface area contributed by atoms with Crippen LogP contribution in [0.15, 0.2) is 67.5 Å². The van der Waals surface area contributed by atoms with Crippen LogP contribution in [0.2, 0.25) is 0 Å². The summed E-state index contributed by atoms with van der Waals surface area (Å²) in [6, 6.07) is 10.8. The average molecular weight is 538 g/mol. The summed E-state index contributed by atoms with van der Waals surface area (Å²) in [5, 5.41) is 29.8. The van der Waals surface area contributed by atoms with E-state index in [2.05, 4.69) is 30.8 Å². The molecule has 0 saturated heterocycles. The van der Waals surface area contributed by atoms with Crippen LogP contribution in [0.3, 0.4) is 0 Å². The predicted molar refractivity (Wildman–Crippen MR) is 134 cm³/mol. The molecule has 0 radical (unpaired) electrons. The van der Waals surface area contributed by atoms with Gasteiger partial charge in [-0.15, -0.1) is 26.3 Å². The van der Waals surface area contributed by atoms with Crippen LogP contribution in [-0.2, 0) is 12.1 Å². The molecular weight excluding hydrogens is 516 g/mol. The molecule has 38 heavy (non-hydrogen) atoms. The Morgan fingerprint density at radius 2 is 1.95 bits per heavy atom. The number of anilines is 1. The third kappa shape index (κ3) is 4.86. The van der Waals surface area contributed by atoms with Crippen LogP contribution in [0.1, 0.15) is 22.2 Å². The van der Waals surface area contributed by atoms with Gasteiger partial charge in [-0.3, -0.25) is 4.79 Å². The molecule has 0 unspecified atom stereocenters. The zero-order chi connectivity index (χ0) is 26.9. The number of rotatable bonds is 8. The maximum Gasteiger partial charge on any atom is 0.263 e. The Bertz CT molecular complexity index is 1560. The molecule has 2 atom stereocenters. The lowest BCUT2D eigenvalue weighted by molar-refractivity contribution is -0.0185. The number of halogens is 2. The zero-order valence-corrected chi connectivity index (χ0v) is 20.7. The van der Waals surface area contributed by atoms with Gasteiger partial charge in [-0.2, -0.15) is 5.10 Å². The summed E-state index contributed by atoms with van der Waals surface area (Å²) in [6.45, 7) is 1.26. The van der Waals surface area contributed by atoms with Crippen LogP contribution in [0.25, 0.3) is 16.1 Å². The molecule has 0 aliphatic heterocycles. The first-order valence-electron chi connectivity index (χ1n) is 11.3. The Morgan fingerprint density at radius 3 is 2.61 bits per heavy atom. The van der Waals surface area contributed by atoms with E-state index in [9.17, 15) is 18.7 Å². The van der Waals surface area contributed by atoms with E-state index in [4.69, 9.17) is 5.73 Å². The van der Waals surface area contributed by atoms with Gasteiger partial charge in [-0.1, -0.05) is 18.2 Å². The number of carbonyl (C=O) groups excluding carboxylic acids is 1. The van der Waals surface area contributed by atoms with Gasteiger partial charge in [-0.25, -0.2) is 18.4 Å². The minimum Gasteiger partial charge on any atom is -0.397 e. The van der Waals surface area contributed by atoms with Crippen LogP contribution in [0.5, 0.6) is 0 Å². The van der Waals surface area contributed by atoms with Crippen molar-refractivity contribution in [1.29, 1.82) is 0 Å². The van der Waals surface area contributed by atoms with Crippen molar-refractivity contribution in [2.24, 2.45) is 0 Å². The predicted octanol–water partition coefficient (Wildman–Crippen LogP) is 2.55. The quantitative estimate of drug-likeness (QED) is 0.273. The number of nitrogens with one attached hydrogen (secondary N) is 1. The second-order valence-electron chi connectivity index (χ2n) is 8.50. The number of thiophene rings is 1. The summed E-state index contributed by atoms with van der Waals surface area (Å²) in [4.78, 5) is 19.4. The van der Waals surface area contributed by atoms with E-state index in [1.807, 2.05) is 12.1 Å².